The number of aldehydes is 1. The zero-order chi connectivity index (χ0) is 23.8. The molecule has 0 aliphatic carbocycles. The van der Waals surface area contributed by atoms with E-state index in [-0.39, 0.29) is 16.9 Å². The van der Waals surface area contributed by atoms with Crippen molar-refractivity contribution in [3.05, 3.63) is 60.7 Å². The summed E-state index contributed by atoms with van der Waals surface area (Å²) in [6.45, 7) is -0.121. The molecule has 9 nitrogen and oxygen atoms in total. The highest BCUT2D eigenvalue weighted by atomic mass is 32.2. The van der Waals surface area contributed by atoms with Gasteiger partial charge in [0.05, 0.1) is 23.6 Å². The molecular weight excluding hydrogens is 445 g/mol. The number of anilines is 1. The summed E-state index contributed by atoms with van der Waals surface area (Å²) in [7, 11) is 3.46. The van der Waals surface area contributed by atoms with E-state index in [1.165, 1.54) is 6.08 Å². The fraction of sp³-hybridized carbons (Fsp3) is 0.136. The van der Waals surface area contributed by atoms with E-state index in [9.17, 15) is 9.28 Å². The molecular formula is C22H22FN7O2S. The van der Waals surface area contributed by atoms with Gasteiger partial charge in [-0.05, 0) is 36.0 Å². The Hall–Kier alpha value is -3.99. The quantitative estimate of drug-likeness (QED) is 0.108. The Bertz CT molecular complexity index is 1240. The van der Waals surface area contributed by atoms with E-state index in [1.807, 2.05) is 0 Å². The molecule has 3 rings (SSSR count). The molecule has 0 aliphatic rings. The van der Waals surface area contributed by atoms with Gasteiger partial charge in [0.2, 0.25) is 0 Å². The molecule has 3 aromatic rings. The molecule has 2 aromatic heterocycles. The third-order valence-electron chi connectivity index (χ3n) is 4.43. The second-order valence-electron chi connectivity index (χ2n) is 6.64. The largest absolute Gasteiger partial charge is 0.483 e. The lowest BCUT2D eigenvalue weighted by Crippen LogP contribution is -2.12. The maximum atomic E-state index is 14.8. The number of halogens is 1. The molecule has 0 amide bonds. The summed E-state index contributed by atoms with van der Waals surface area (Å²) in [4.78, 5) is 15.7. The average Bonchev–Trinajstić information content (AvgIpc) is 3.25. The molecule has 0 spiro atoms. The number of ether oxygens (including phenoxy) is 1. The van der Waals surface area contributed by atoms with E-state index in [1.54, 1.807) is 61.6 Å². The van der Waals surface area contributed by atoms with Crippen molar-refractivity contribution in [2.45, 2.75) is 4.90 Å². The zero-order valence-corrected chi connectivity index (χ0v) is 18.8. The van der Waals surface area contributed by atoms with Crippen LogP contribution in [0.3, 0.4) is 0 Å². The Kier molecular flexibility index (Phi) is 7.92. The van der Waals surface area contributed by atoms with Crippen molar-refractivity contribution in [2.24, 2.45) is 7.05 Å². The van der Waals surface area contributed by atoms with Gasteiger partial charge in [0.1, 0.15) is 6.61 Å². The molecule has 0 unspecified atom stereocenters. The number of aryl methyl sites for hydroxylation is 1. The molecule has 1 aromatic carbocycles. The molecule has 0 aliphatic heterocycles. The van der Waals surface area contributed by atoms with Crippen LogP contribution in [0.4, 0.5) is 10.2 Å². The first-order valence-corrected chi connectivity index (χ1v) is 10.5. The first-order chi connectivity index (χ1) is 16.0. The smallest absolute Gasteiger partial charge is 0.194 e. The minimum absolute atomic E-state index is 0.121. The molecule has 0 bridgehead atoms. The number of amidine groups is 1. The summed E-state index contributed by atoms with van der Waals surface area (Å²) in [5.74, 6) is 0.455. The maximum absolute atomic E-state index is 14.8. The van der Waals surface area contributed by atoms with E-state index < -0.39 is 0 Å². The normalized spacial score (nSPS) is 11.5. The maximum Gasteiger partial charge on any atom is 0.194 e. The van der Waals surface area contributed by atoms with E-state index in [2.05, 4.69) is 15.4 Å². The summed E-state index contributed by atoms with van der Waals surface area (Å²) in [5.41, 5.74) is 2.34. The lowest BCUT2D eigenvalue weighted by molar-refractivity contribution is -0.109. The van der Waals surface area contributed by atoms with Crippen molar-refractivity contribution < 1.29 is 14.0 Å². The highest BCUT2D eigenvalue weighted by molar-refractivity contribution is 8.13. The number of hydrogen-bond acceptors (Lipinski definition) is 8. The number of hydrogen-bond donors (Lipinski definition) is 3. The SMILES string of the molecule is CNc1cnc2ccc(SC(=N)N(F)/C=C(\C=C/C=N)c3cnn(C)c3)cc2c1OCC=O. The molecule has 0 fully saturated rings. The molecule has 3 N–H and O–H groups in total. The van der Waals surface area contributed by atoms with E-state index in [0.717, 1.165) is 24.2 Å². The monoisotopic (exact) mass is 467 g/mol. The molecule has 0 radical (unpaired) electrons. The number of pyridine rings is 1. The van der Waals surface area contributed by atoms with E-state index >= 15 is 0 Å². The zero-order valence-electron chi connectivity index (χ0n) is 17.9. The molecule has 2 heterocycles. The van der Waals surface area contributed by atoms with Crippen LogP contribution in [-0.4, -0.2) is 51.2 Å². The average molecular weight is 468 g/mol. The minimum Gasteiger partial charge on any atom is -0.483 e. The van der Waals surface area contributed by atoms with Crippen molar-refractivity contribution in [1.82, 2.24) is 19.9 Å². The first kappa shape index (κ1) is 23.7. The Morgan fingerprint density at radius 1 is 1.39 bits per heavy atom. The van der Waals surface area contributed by atoms with Crippen LogP contribution in [0.25, 0.3) is 16.5 Å². The van der Waals surface area contributed by atoms with Crippen molar-refractivity contribution >= 4 is 51.6 Å². The predicted molar refractivity (Wildman–Crippen MR) is 128 cm³/mol. The number of allylic oxidation sites excluding steroid dienone is 3. The highest BCUT2D eigenvalue weighted by Gasteiger charge is 2.14. The number of benzene rings is 1. The highest BCUT2D eigenvalue weighted by Crippen LogP contribution is 2.35. The van der Waals surface area contributed by atoms with Gasteiger partial charge in [-0.15, -0.1) is 0 Å². The second kappa shape index (κ2) is 11.0. The third-order valence-corrected chi connectivity index (χ3v) is 5.28. The Morgan fingerprint density at radius 3 is 2.88 bits per heavy atom. The van der Waals surface area contributed by atoms with Gasteiger partial charge in [-0.1, -0.05) is 10.6 Å². The lowest BCUT2D eigenvalue weighted by atomic mass is 10.1. The van der Waals surface area contributed by atoms with Gasteiger partial charge in [0.25, 0.3) is 0 Å². The minimum atomic E-state index is -0.368. The van der Waals surface area contributed by atoms with E-state index in [0.29, 0.717) is 44.7 Å². The third kappa shape index (κ3) is 5.83. The van der Waals surface area contributed by atoms with Crippen LogP contribution < -0.4 is 10.1 Å². The molecule has 0 atom stereocenters. The molecule has 0 saturated heterocycles. The fourth-order valence-electron chi connectivity index (χ4n) is 2.93. The van der Waals surface area contributed by atoms with Gasteiger partial charge >= 0.3 is 0 Å². The van der Waals surface area contributed by atoms with Gasteiger partial charge < -0.3 is 15.5 Å². The van der Waals surface area contributed by atoms with Gasteiger partial charge in [-0.25, -0.2) is 0 Å². The van der Waals surface area contributed by atoms with Gasteiger partial charge in [0.15, 0.2) is 17.2 Å². The van der Waals surface area contributed by atoms with Gasteiger partial charge in [-0.2, -0.15) is 10.2 Å². The number of rotatable bonds is 9. The van der Waals surface area contributed by atoms with Crippen LogP contribution >= 0.6 is 11.8 Å². The van der Waals surface area contributed by atoms with Crippen LogP contribution in [0.2, 0.25) is 0 Å². The number of carbonyl (C=O) groups excluding carboxylic acids is 1. The molecule has 33 heavy (non-hydrogen) atoms. The van der Waals surface area contributed by atoms with Crippen LogP contribution in [0.15, 0.2) is 60.0 Å². The van der Waals surface area contributed by atoms with Gasteiger partial charge in [0, 0.05) is 54.1 Å². The van der Waals surface area contributed by atoms with Crippen molar-refractivity contribution in [3.63, 3.8) is 0 Å². The Morgan fingerprint density at radius 2 is 2.21 bits per heavy atom. The second-order valence-corrected chi connectivity index (χ2v) is 7.70. The first-order valence-electron chi connectivity index (χ1n) is 9.73. The predicted octanol–water partition coefficient (Wildman–Crippen LogP) is 4.05. The lowest BCUT2D eigenvalue weighted by Gasteiger charge is -2.14. The number of carbonyl (C=O) groups is 1. The topological polar surface area (TPSA) is 120 Å². The van der Waals surface area contributed by atoms with Crippen molar-refractivity contribution in [2.75, 3.05) is 19.0 Å². The number of aromatic nitrogens is 3. The number of thioether (sulfide) groups is 1. The Labute approximate surface area is 193 Å². The molecule has 170 valence electrons. The van der Waals surface area contributed by atoms with Crippen molar-refractivity contribution in [1.29, 1.82) is 10.8 Å². The van der Waals surface area contributed by atoms with Crippen LogP contribution in [0.1, 0.15) is 5.56 Å². The van der Waals surface area contributed by atoms with E-state index in [4.69, 9.17) is 15.6 Å². The number of fused-ring (bicyclic) bond motifs is 1. The van der Waals surface area contributed by atoms with Crippen LogP contribution in [-0.2, 0) is 11.8 Å². The Balaban J connectivity index is 1.88. The number of nitrogens with one attached hydrogen (secondary N) is 3. The molecule has 11 heteroatoms. The summed E-state index contributed by atoms with van der Waals surface area (Å²) in [6.07, 6.45) is 10.8. The number of nitrogens with zero attached hydrogens (tertiary/aromatic N) is 4. The summed E-state index contributed by atoms with van der Waals surface area (Å²) < 4.78 is 22.0. The molecule has 0 saturated carbocycles. The van der Waals surface area contributed by atoms with Crippen LogP contribution in [0.5, 0.6) is 5.75 Å². The summed E-state index contributed by atoms with van der Waals surface area (Å²) in [6, 6.07) is 5.20. The van der Waals surface area contributed by atoms with Crippen LogP contribution in [0, 0.1) is 10.8 Å². The van der Waals surface area contributed by atoms with Gasteiger partial charge in [-0.3, -0.25) is 19.9 Å². The fourth-order valence-corrected chi connectivity index (χ4v) is 3.61. The van der Waals surface area contributed by atoms with Crippen molar-refractivity contribution in [3.8, 4) is 5.75 Å². The standard InChI is InChI=1S/C22H22FN7O2S/c1-26-20-12-27-19-6-5-17(10-18(19)21(20)32-9-8-31)33-22(25)30(23)14-15(4-3-7-24)16-11-28-29(2)13-16/h3-8,10-14,24-26H,9H2,1-2H3/b4-3-,15-14+,24-7?,25-22?. The summed E-state index contributed by atoms with van der Waals surface area (Å²) >= 11 is 0.905. The summed E-state index contributed by atoms with van der Waals surface area (Å²) in [5, 5.41) is 22.9.